The summed E-state index contributed by atoms with van der Waals surface area (Å²) in [5.74, 6) is -0.581. The molecule has 0 saturated carbocycles. The summed E-state index contributed by atoms with van der Waals surface area (Å²) < 4.78 is 2.95. The van der Waals surface area contributed by atoms with Gasteiger partial charge in [-0.05, 0) is 48.5 Å². The van der Waals surface area contributed by atoms with Gasteiger partial charge >= 0.3 is 0 Å². The number of nitriles is 1. The lowest BCUT2D eigenvalue weighted by molar-refractivity contribution is -0.111. The Morgan fingerprint density at radius 3 is 2.21 bits per heavy atom. The summed E-state index contributed by atoms with van der Waals surface area (Å²) >= 11 is 4.47. The molecule has 0 unspecified atom stereocenters. The first kappa shape index (κ1) is 22.3. The van der Waals surface area contributed by atoms with E-state index in [0.29, 0.717) is 15.9 Å². The van der Waals surface area contributed by atoms with Crippen molar-refractivity contribution in [3.05, 3.63) is 109 Å². The average molecular weight is 517 g/mol. The summed E-state index contributed by atoms with van der Waals surface area (Å²) in [5.41, 5.74) is 1.45. The van der Waals surface area contributed by atoms with E-state index in [2.05, 4.69) is 26.6 Å². The molecule has 162 valence electrons. The molecule has 0 fully saturated rings. The van der Waals surface area contributed by atoms with Gasteiger partial charge in [0, 0.05) is 22.0 Å². The second-order valence-corrected chi connectivity index (χ2v) is 8.80. The number of rotatable bonds is 5. The number of aromatic nitrogens is 1. The largest absolute Gasteiger partial charge is 0.360 e. The zero-order valence-electron chi connectivity index (χ0n) is 17.2. The van der Waals surface area contributed by atoms with Crippen molar-refractivity contribution in [1.82, 2.24) is 4.57 Å². The maximum atomic E-state index is 13.3. The van der Waals surface area contributed by atoms with Gasteiger partial charge in [-0.2, -0.15) is 5.26 Å². The van der Waals surface area contributed by atoms with Gasteiger partial charge in [0.15, 0.2) is 5.57 Å². The minimum atomic E-state index is -0.581. The molecule has 0 saturated heterocycles. The van der Waals surface area contributed by atoms with Gasteiger partial charge in [-0.3, -0.25) is 14.2 Å². The average Bonchev–Trinajstić information content (AvgIpc) is 3.16. The number of hydrogen-bond acceptors (Lipinski definition) is 5. The number of thiazole rings is 1. The minimum Gasteiger partial charge on any atom is -0.360 e. The van der Waals surface area contributed by atoms with Crippen LogP contribution in [0.25, 0.3) is 17.5 Å². The first-order valence-corrected chi connectivity index (χ1v) is 11.5. The molecule has 8 heteroatoms. The van der Waals surface area contributed by atoms with E-state index in [9.17, 15) is 14.9 Å². The normalized spacial score (nSPS) is 12.1. The quantitative estimate of drug-likeness (QED) is 0.422. The fourth-order valence-corrected chi connectivity index (χ4v) is 4.36. The fourth-order valence-electron chi connectivity index (χ4n) is 3.07. The molecule has 0 aliphatic rings. The Hall–Kier alpha value is -3.93. The van der Waals surface area contributed by atoms with Gasteiger partial charge in [0.05, 0.1) is 5.69 Å². The lowest BCUT2D eigenvalue weighted by Crippen LogP contribution is -2.32. The second kappa shape index (κ2) is 10.1. The van der Waals surface area contributed by atoms with Crippen molar-refractivity contribution in [1.29, 1.82) is 5.26 Å². The van der Waals surface area contributed by atoms with Crippen LogP contribution in [0.5, 0.6) is 0 Å². The maximum absolute atomic E-state index is 13.3. The zero-order chi connectivity index (χ0) is 23.2. The Bertz CT molecular complexity index is 1500. The Balaban J connectivity index is 1.87. The standard InChI is InChI=1S/C25H17BrN4O2S/c26-17-11-13-18(14-12-17)28-16-22-24(32)30(20-9-5-2-6-10-20)25(33-22)21(15-27)23(31)29-19-7-3-1-4-8-19/h1-14,16,28H,(H,29,31)/b22-16-,25-21+. The molecule has 0 spiro atoms. The Morgan fingerprint density at radius 1 is 0.939 bits per heavy atom. The van der Waals surface area contributed by atoms with E-state index in [4.69, 9.17) is 0 Å². The molecular formula is C25H17BrN4O2S. The topological polar surface area (TPSA) is 86.9 Å². The van der Waals surface area contributed by atoms with E-state index in [0.717, 1.165) is 21.5 Å². The molecule has 0 aliphatic carbocycles. The summed E-state index contributed by atoms with van der Waals surface area (Å²) in [6.07, 6.45) is 1.59. The van der Waals surface area contributed by atoms with Crippen molar-refractivity contribution >= 4 is 56.3 Å². The van der Waals surface area contributed by atoms with Gasteiger partial charge in [0.25, 0.3) is 11.5 Å². The third kappa shape index (κ3) is 5.12. The molecule has 0 atom stereocenters. The molecule has 33 heavy (non-hydrogen) atoms. The van der Waals surface area contributed by atoms with Crippen LogP contribution in [0, 0.1) is 11.3 Å². The van der Waals surface area contributed by atoms with E-state index >= 15 is 0 Å². The fraction of sp³-hybridized carbons (Fsp3) is 0. The summed E-state index contributed by atoms with van der Waals surface area (Å²) in [6.45, 7) is 0. The first-order chi connectivity index (χ1) is 16.1. The molecule has 3 aromatic carbocycles. The van der Waals surface area contributed by atoms with Gasteiger partial charge in [-0.25, -0.2) is 0 Å². The minimum absolute atomic E-state index is 0.145. The maximum Gasteiger partial charge on any atom is 0.275 e. The number of carbonyl (C=O) groups excluding carboxylic acids is 1. The molecule has 0 aliphatic heterocycles. The summed E-state index contributed by atoms with van der Waals surface area (Å²) in [7, 11) is 0. The van der Waals surface area contributed by atoms with Crippen molar-refractivity contribution < 1.29 is 4.79 Å². The molecule has 4 aromatic rings. The molecule has 1 aromatic heterocycles. The Labute approximate surface area is 201 Å². The number of para-hydroxylation sites is 2. The molecule has 2 N–H and O–H groups in total. The van der Waals surface area contributed by atoms with E-state index in [-0.39, 0.29) is 15.8 Å². The number of hydrogen-bond donors (Lipinski definition) is 2. The predicted molar refractivity (Wildman–Crippen MR) is 135 cm³/mol. The van der Waals surface area contributed by atoms with E-state index < -0.39 is 5.91 Å². The van der Waals surface area contributed by atoms with Crippen LogP contribution in [-0.4, -0.2) is 10.5 Å². The molecule has 0 bridgehead atoms. The van der Waals surface area contributed by atoms with Crippen LogP contribution in [0.3, 0.4) is 0 Å². The van der Waals surface area contributed by atoms with Crippen LogP contribution in [0.1, 0.15) is 0 Å². The van der Waals surface area contributed by atoms with Crippen molar-refractivity contribution in [2.24, 2.45) is 0 Å². The molecule has 1 amide bonds. The third-order valence-electron chi connectivity index (χ3n) is 4.64. The van der Waals surface area contributed by atoms with Gasteiger partial charge < -0.3 is 10.6 Å². The Morgan fingerprint density at radius 2 is 1.58 bits per heavy atom. The van der Waals surface area contributed by atoms with Crippen LogP contribution < -0.4 is 25.4 Å². The van der Waals surface area contributed by atoms with Crippen LogP contribution in [0.15, 0.2) is 94.2 Å². The summed E-state index contributed by atoms with van der Waals surface area (Å²) in [4.78, 5) is 26.3. The third-order valence-corrected chi connectivity index (χ3v) is 6.26. The number of carbonyl (C=O) groups is 1. The number of amides is 1. The lowest BCUT2D eigenvalue weighted by atomic mass is 10.2. The molecule has 4 rings (SSSR count). The van der Waals surface area contributed by atoms with Crippen LogP contribution in [0.4, 0.5) is 11.4 Å². The highest BCUT2D eigenvalue weighted by atomic mass is 79.9. The second-order valence-electron chi connectivity index (χ2n) is 6.85. The number of nitrogens with one attached hydrogen (secondary N) is 2. The Kier molecular flexibility index (Phi) is 6.83. The first-order valence-electron chi connectivity index (χ1n) is 9.87. The monoisotopic (exact) mass is 516 g/mol. The molecular weight excluding hydrogens is 500 g/mol. The number of nitrogens with zero attached hydrogens (tertiary/aromatic N) is 2. The molecule has 1 heterocycles. The molecule has 6 nitrogen and oxygen atoms in total. The summed E-state index contributed by atoms with van der Waals surface area (Å²) in [5, 5.41) is 15.7. The predicted octanol–water partition coefficient (Wildman–Crippen LogP) is 3.82. The van der Waals surface area contributed by atoms with Crippen LogP contribution in [0.2, 0.25) is 0 Å². The number of halogens is 1. The van der Waals surface area contributed by atoms with Crippen molar-refractivity contribution in [3.8, 4) is 11.8 Å². The van der Waals surface area contributed by atoms with Crippen molar-refractivity contribution in [2.45, 2.75) is 0 Å². The molecule has 0 radical (unpaired) electrons. The van der Waals surface area contributed by atoms with Gasteiger partial charge in [0.2, 0.25) is 0 Å². The van der Waals surface area contributed by atoms with E-state index in [1.165, 1.54) is 4.57 Å². The van der Waals surface area contributed by atoms with E-state index in [1.807, 2.05) is 42.5 Å². The van der Waals surface area contributed by atoms with Gasteiger partial charge in [-0.15, -0.1) is 11.3 Å². The van der Waals surface area contributed by atoms with E-state index in [1.54, 1.807) is 54.7 Å². The highest BCUT2D eigenvalue weighted by Crippen LogP contribution is 2.14. The van der Waals surface area contributed by atoms with Crippen LogP contribution in [-0.2, 0) is 4.79 Å². The van der Waals surface area contributed by atoms with Gasteiger partial charge in [-0.1, -0.05) is 52.3 Å². The lowest BCUT2D eigenvalue weighted by Gasteiger charge is -2.05. The number of anilines is 2. The summed E-state index contributed by atoms with van der Waals surface area (Å²) in [6, 6.07) is 27.3. The van der Waals surface area contributed by atoms with Crippen molar-refractivity contribution in [3.63, 3.8) is 0 Å². The smallest absolute Gasteiger partial charge is 0.275 e. The van der Waals surface area contributed by atoms with Crippen molar-refractivity contribution in [2.75, 3.05) is 10.6 Å². The van der Waals surface area contributed by atoms with Crippen LogP contribution >= 0.6 is 27.3 Å². The highest BCUT2D eigenvalue weighted by Gasteiger charge is 2.17. The zero-order valence-corrected chi connectivity index (χ0v) is 19.6. The number of benzene rings is 3. The SMILES string of the molecule is N#C/C(C(=O)Nc1ccccc1)=c1\s/c(=C\Nc2ccc(Br)cc2)c(=O)n1-c1ccccc1. The van der Waals surface area contributed by atoms with Gasteiger partial charge in [0.1, 0.15) is 15.3 Å². The highest BCUT2D eigenvalue weighted by molar-refractivity contribution is 9.10.